The van der Waals surface area contributed by atoms with Crippen molar-refractivity contribution < 1.29 is 52.2 Å². The summed E-state index contributed by atoms with van der Waals surface area (Å²) in [5, 5.41) is 9.38. The Hall–Kier alpha value is -0.0300. The quantitative estimate of drug-likeness (QED) is 0.411. The van der Waals surface area contributed by atoms with Gasteiger partial charge >= 0.3 is 29.6 Å². The minimum Gasteiger partial charge on any atom is -0.746 e. The Morgan fingerprint density at radius 1 is 1.04 bits per heavy atom. The first-order chi connectivity index (χ1) is 10.3. The largest absolute Gasteiger partial charge is 1.00 e. The third-order valence-corrected chi connectivity index (χ3v) is 5.60. The Labute approximate surface area is 164 Å². The topological polar surface area (TPSA) is 100 Å². The molecule has 23 heavy (non-hydrogen) atoms. The van der Waals surface area contributed by atoms with Crippen molar-refractivity contribution in [1.29, 1.82) is 0 Å². The van der Waals surface area contributed by atoms with Gasteiger partial charge in [-0.05, 0) is 53.1 Å². The molecule has 118 valence electrons. The monoisotopic (exact) mass is 380 g/mol. The molecule has 0 aliphatic rings. The van der Waals surface area contributed by atoms with Crippen LogP contribution in [0.3, 0.4) is 0 Å². The van der Waals surface area contributed by atoms with Crippen molar-refractivity contribution in [2.75, 3.05) is 6.26 Å². The Kier molecular flexibility index (Phi) is 8.12. The fourth-order valence-electron chi connectivity index (χ4n) is 1.70. The van der Waals surface area contributed by atoms with Crippen molar-refractivity contribution in [2.45, 2.75) is 20.1 Å². The molecule has 9 heteroatoms. The summed E-state index contributed by atoms with van der Waals surface area (Å²) in [6, 6.07) is 13.3. The molecule has 0 aromatic heterocycles. The number of hydrogen-bond donors (Lipinski definition) is 1. The summed E-state index contributed by atoms with van der Waals surface area (Å²) in [5.74, 6) is 0. The SMILES string of the molecule is C[S+]([O-])c1ccc(Sc2ccc(C(O)S(=O)(=O)[O-])cc2)cc1.[Na+]. The zero-order valence-electron chi connectivity index (χ0n) is 12.5. The summed E-state index contributed by atoms with van der Waals surface area (Å²) in [6.45, 7) is 0. The Morgan fingerprint density at radius 2 is 1.48 bits per heavy atom. The summed E-state index contributed by atoms with van der Waals surface area (Å²) < 4.78 is 43.6. The molecular weight excluding hydrogens is 367 g/mol. The first-order valence-electron chi connectivity index (χ1n) is 6.11. The zero-order chi connectivity index (χ0) is 16.3. The second kappa shape index (κ2) is 8.89. The molecule has 5 nitrogen and oxygen atoms in total. The standard InChI is InChI=1S/C14H14O5S3.Na/c1-21(16)13-8-6-12(7-9-13)20-11-4-2-10(3-5-11)14(15)22(17,18)19;/h2-9,14-15H,1H3,(H,17,18,19);/q;+1/p-1. The van der Waals surface area contributed by atoms with Crippen LogP contribution >= 0.6 is 11.8 Å². The third kappa shape index (κ3) is 6.08. The molecule has 0 fully saturated rings. The van der Waals surface area contributed by atoms with Gasteiger partial charge in [0.2, 0.25) is 0 Å². The molecule has 0 saturated carbocycles. The second-order valence-corrected chi connectivity index (χ2v) is 8.40. The van der Waals surface area contributed by atoms with Gasteiger partial charge in [0.25, 0.3) is 0 Å². The Balaban J connectivity index is 0.00000264. The maximum absolute atomic E-state index is 11.3. The van der Waals surface area contributed by atoms with Gasteiger partial charge in [0.05, 0.1) is 0 Å². The smallest absolute Gasteiger partial charge is 0.746 e. The van der Waals surface area contributed by atoms with Crippen LogP contribution in [0, 0.1) is 0 Å². The van der Waals surface area contributed by atoms with E-state index in [2.05, 4.69) is 0 Å². The molecule has 2 atom stereocenters. The van der Waals surface area contributed by atoms with Crippen LogP contribution in [-0.2, 0) is 21.3 Å². The van der Waals surface area contributed by atoms with E-state index in [0.717, 1.165) is 14.7 Å². The van der Waals surface area contributed by atoms with Crippen LogP contribution in [0.15, 0.2) is 63.2 Å². The van der Waals surface area contributed by atoms with Gasteiger partial charge in [-0.25, -0.2) is 8.42 Å². The number of rotatable bonds is 5. The van der Waals surface area contributed by atoms with Crippen molar-refractivity contribution in [3.8, 4) is 0 Å². The molecule has 1 N–H and O–H groups in total. The van der Waals surface area contributed by atoms with E-state index in [0.29, 0.717) is 0 Å². The number of aliphatic hydroxyl groups excluding tert-OH is 1. The van der Waals surface area contributed by atoms with Crippen molar-refractivity contribution in [3.63, 3.8) is 0 Å². The predicted octanol–water partition coefficient (Wildman–Crippen LogP) is -0.885. The minimum absolute atomic E-state index is 0. The van der Waals surface area contributed by atoms with Crippen molar-refractivity contribution in [1.82, 2.24) is 0 Å². The molecule has 2 aromatic carbocycles. The van der Waals surface area contributed by atoms with Crippen molar-refractivity contribution in [3.05, 3.63) is 54.1 Å². The van der Waals surface area contributed by atoms with Crippen molar-refractivity contribution >= 4 is 33.1 Å². The molecule has 0 bridgehead atoms. The van der Waals surface area contributed by atoms with E-state index in [-0.39, 0.29) is 35.1 Å². The van der Waals surface area contributed by atoms with E-state index in [1.807, 2.05) is 12.1 Å². The molecule has 0 aliphatic carbocycles. The van der Waals surface area contributed by atoms with E-state index in [1.54, 1.807) is 30.5 Å². The fourth-order valence-corrected chi connectivity index (χ4v) is 3.53. The summed E-state index contributed by atoms with van der Waals surface area (Å²) in [5.41, 5.74) is -2.01. The zero-order valence-corrected chi connectivity index (χ0v) is 17.0. The van der Waals surface area contributed by atoms with Gasteiger partial charge in [0.15, 0.2) is 10.3 Å². The van der Waals surface area contributed by atoms with Crippen LogP contribution in [0.5, 0.6) is 0 Å². The van der Waals surface area contributed by atoms with E-state index in [9.17, 15) is 22.6 Å². The molecule has 2 unspecified atom stereocenters. The maximum atomic E-state index is 11.3. The van der Waals surface area contributed by atoms with Gasteiger partial charge < -0.3 is 14.2 Å². The maximum Gasteiger partial charge on any atom is 1.00 e. The third-order valence-electron chi connectivity index (χ3n) is 2.83. The van der Waals surface area contributed by atoms with Gasteiger partial charge in [0, 0.05) is 9.79 Å². The van der Waals surface area contributed by atoms with E-state index < -0.39 is 26.7 Å². The van der Waals surface area contributed by atoms with Crippen molar-refractivity contribution in [2.24, 2.45) is 0 Å². The van der Waals surface area contributed by atoms with Gasteiger partial charge in [0.1, 0.15) is 16.4 Å². The van der Waals surface area contributed by atoms with Gasteiger partial charge in [-0.1, -0.05) is 23.9 Å². The van der Waals surface area contributed by atoms with Gasteiger partial charge in [-0.3, -0.25) is 0 Å². The van der Waals surface area contributed by atoms with Crippen LogP contribution in [0.2, 0.25) is 0 Å². The number of benzene rings is 2. The second-order valence-electron chi connectivity index (χ2n) is 4.44. The molecule has 0 spiro atoms. The molecule has 2 aromatic rings. The minimum atomic E-state index is -4.77. The number of hydrogen-bond acceptors (Lipinski definition) is 6. The molecule has 0 saturated heterocycles. The predicted molar refractivity (Wildman–Crippen MR) is 84.0 cm³/mol. The Morgan fingerprint density at radius 3 is 1.87 bits per heavy atom. The van der Waals surface area contributed by atoms with Crippen LogP contribution in [0.1, 0.15) is 11.0 Å². The van der Waals surface area contributed by atoms with Gasteiger partial charge in [-0.2, -0.15) is 0 Å². The number of aliphatic hydroxyl groups is 1. The average Bonchev–Trinajstić information content (AvgIpc) is 2.47. The molecule has 0 heterocycles. The van der Waals surface area contributed by atoms with Crippen LogP contribution in [-0.4, -0.2) is 28.9 Å². The average molecular weight is 380 g/mol. The molecule has 0 radical (unpaired) electrons. The first kappa shape index (κ1) is 21.0. The van der Waals surface area contributed by atoms with E-state index in [4.69, 9.17) is 0 Å². The summed E-state index contributed by atoms with van der Waals surface area (Å²) in [7, 11) is -4.77. The molecule has 2 rings (SSSR count). The summed E-state index contributed by atoms with van der Waals surface area (Å²) in [6.07, 6.45) is 1.61. The summed E-state index contributed by atoms with van der Waals surface area (Å²) in [4.78, 5) is 2.49. The van der Waals surface area contributed by atoms with Crippen LogP contribution in [0.25, 0.3) is 0 Å². The van der Waals surface area contributed by atoms with E-state index >= 15 is 0 Å². The Bertz CT molecular complexity index is 730. The first-order valence-corrected chi connectivity index (χ1v) is 9.96. The van der Waals surface area contributed by atoms with Crippen LogP contribution < -0.4 is 29.6 Å². The van der Waals surface area contributed by atoms with Gasteiger partial charge in [-0.15, -0.1) is 0 Å². The fraction of sp³-hybridized carbons (Fsp3) is 0.143. The van der Waals surface area contributed by atoms with E-state index in [1.165, 1.54) is 23.9 Å². The van der Waals surface area contributed by atoms with Crippen LogP contribution in [0.4, 0.5) is 0 Å². The molecular formula is C14H13NaO5S3. The normalized spacial score (nSPS) is 13.9. The molecule has 0 aliphatic heterocycles. The molecule has 0 amide bonds. The summed E-state index contributed by atoms with van der Waals surface area (Å²) >= 11 is 0.404.